The molecule has 1 amide bonds. The first-order chi connectivity index (χ1) is 14.4. The number of hydrogen-bond donors (Lipinski definition) is 1. The second-order valence-corrected chi connectivity index (χ2v) is 9.35. The average Bonchev–Trinajstić information content (AvgIpc) is 3.03. The highest BCUT2D eigenvalue weighted by molar-refractivity contribution is 7.89. The Morgan fingerprint density at radius 2 is 1.73 bits per heavy atom. The Labute approximate surface area is 182 Å². The van der Waals surface area contributed by atoms with Gasteiger partial charge in [-0.2, -0.15) is 4.31 Å². The molecule has 0 aliphatic carbocycles. The summed E-state index contributed by atoms with van der Waals surface area (Å²) in [5.41, 5.74) is 0.442. The van der Waals surface area contributed by atoms with Gasteiger partial charge < -0.3 is 14.8 Å². The third kappa shape index (κ3) is 5.65. The molecule has 1 aliphatic heterocycles. The molecule has 0 aromatic heterocycles. The lowest BCUT2D eigenvalue weighted by Crippen LogP contribution is -2.31. The van der Waals surface area contributed by atoms with Crippen LogP contribution in [0.1, 0.15) is 25.7 Å². The van der Waals surface area contributed by atoms with Crippen LogP contribution >= 0.6 is 11.6 Å². The summed E-state index contributed by atoms with van der Waals surface area (Å²) in [4.78, 5) is 12.4. The summed E-state index contributed by atoms with van der Waals surface area (Å²) in [5.74, 6) is 0.491. The summed E-state index contributed by atoms with van der Waals surface area (Å²) in [5, 5.41) is 3.15. The Morgan fingerprint density at radius 1 is 1.07 bits per heavy atom. The molecule has 162 valence electrons. The maximum absolute atomic E-state index is 12.8. The summed E-state index contributed by atoms with van der Waals surface area (Å²) in [7, 11) is -2.02. The molecule has 3 rings (SSSR count). The number of nitrogens with one attached hydrogen (secondary N) is 1. The van der Waals surface area contributed by atoms with E-state index in [1.54, 1.807) is 34.6 Å². The van der Waals surface area contributed by atoms with Crippen LogP contribution in [0.15, 0.2) is 47.4 Å². The molecule has 2 aromatic rings. The van der Waals surface area contributed by atoms with E-state index in [0.717, 1.165) is 25.7 Å². The van der Waals surface area contributed by atoms with E-state index in [-0.39, 0.29) is 11.5 Å². The van der Waals surface area contributed by atoms with E-state index in [1.165, 1.54) is 19.2 Å². The molecule has 1 aliphatic rings. The molecule has 7 nitrogen and oxygen atoms in total. The molecular formula is C21H25ClN2O5S. The number of benzene rings is 2. The van der Waals surface area contributed by atoms with Crippen LogP contribution in [-0.4, -0.2) is 45.4 Å². The Balaban J connectivity index is 1.59. The topological polar surface area (TPSA) is 84.9 Å². The third-order valence-electron chi connectivity index (χ3n) is 4.83. The van der Waals surface area contributed by atoms with Crippen molar-refractivity contribution in [3.05, 3.63) is 47.5 Å². The highest BCUT2D eigenvalue weighted by Crippen LogP contribution is 2.27. The van der Waals surface area contributed by atoms with Gasteiger partial charge in [0.25, 0.3) is 5.91 Å². The minimum atomic E-state index is -3.51. The molecule has 1 saturated heterocycles. The molecule has 0 unspecified atom stereocenters. The highest BCUT2D eigenvalue weighted by Gasteiger charge is 2.25. The number of carbonyl (C=O) groups is 1. The van der Waals surface area contributed by atoms with Crippen LogP contribution in [0.5, 0.6) is 11.5 Å². The normalized spacial score (nSPS) is 15.3. The second-order valence-electron chi connectivity index (χ2n) is 6.97. The standard InChI is InChI=1S/C21H25ClN2O5S/c1-28-20-11-6-16(22)14-19(20)23-21(25)15-29-17-7-9-18(10-8-17)30(26,27)24-12-4-2-3-5-13-24/h6-11,14H,2-5,12-13,15H2,1H3,(H,23,25). The van der Waals surface area contributed by atoms with Gasteiger partial charge in [-0.1, -0.05) is 24.4 Å². The van der Waals surface area contributed by atoms with Gasteiger partial charge in [-0.25, -0.2) is 8.42 Å². The molecule has 0 atom stereocenters. The fourth-order valence-electron chi connectivity index (χ4n) is 3.25. The molecule has 1 heterocycles. The lowest BCUT2D eigenvalue weighted by atomic mass is 10.2. The van der Waals surface area contributed by atoms with E-state index >= 15 is 0 Å². The fourth-order valence-corrected chi connectivity index (χ4v) is 4.94. The van der Waals surface area contributed by atoms with Crippen molar-refractivity contribution >= 4 is 33.2 Å². The first kappa shape index (κ1) is 22.4. The molecular weight excluding hydrogens is 428 g/mol. The number of rotatable bonds is 7. The number of methoxy groups -OCH3 is 1. The van der Waals surface area contributed by atoms with Gasteiger partial charge in [0.05, 0.1) is 17.7 Å². The zero-order valence-corrected chi connectivity index (χ0v) is 18.3. The minimum Gasteiger partial charge on any atom is -0.495 e. The third-order valence-corrected chi connectivity index (χ3v) is 6.98. The van der Waals surface area contributed by atoms with Gasteiger partial charge in [0, 0.05) is 18.1 Å². The van der Waals surface area contributed by atoms with E-state index in [2.05, 4.69) is 5.32 Å². The van der Waals surface area contributed by atoms with Crippen LogP contribution in [0.25, 0.3) is 0 Å². The Kier molecular flexibility index (Phi) is 7.58. The summed E-state index contributed by atoms with van der Waals surface area (Å²) in [6.45, 7) is 0.856. The van der Waals surface area contributed by atoms with Gasteiger partial charge in [0.2, 0.25) is 10.0 Å². The molecule has 0 bridgehead atoms. The number of amides is 1. The summed E-state index contributed by atoms with van der Waals surface area (Å²) in [6, 6.07) is 11.0. The number of sulfonamides is 1. The van der Waals surface area contributed by atoms with Crippen LogP contribution in [0.2, 0.25) is 5.02 Å². The lowest BCUT2D eigenvalue weighted by molar-refractivity contribution is -0.118. The molecule has 1 fully saturated rings. The maximum Gasteiger partial charge on any atom is 0.262 e. The average molecular weight is 453 g/mol. The smallest absolute Gasteiger partial charge is 0.262 e. The van der Waals surface area contributed by atoms with Crippen LogP contribution in [0.4, 0.5) is 5.69 Å². The number of carbonyl (C=O) groups excluding carboxylic acids is 1. The molecule has 2 aromatic carbocycles. The lowest BCUT2D eigenvalue weighted by Gasteiger charge is -2.20. The summed E-state index contributed by atoms with van der Waals surface area (Å²) < 4.78 is 37.8. The monoisotopic (exact) mass is 452 g/mol. The van der Waals surface area contributed by atoms with Gasteiger partial charge in [0.1, 0.15) is 11.5 Å². The molecule has 1 N–H and O–H groups in total. The summed E-state index contributed by atoms with van der Waals surface area (Å²) >= 11 is 5.96. The van der Waals surface area contributed by atoms with Gasteiger partial charge in [-0.05, 0) is 55.3 Å². The zero-order chi connectivity index (χ0) is 21.6. The number of hydrogen-bond acceptors (Lipinski definition) is 5. The van der Waals surface area contributed by atoms with Crippen molar-refractivity contribution in [2.45, 2.75) is 30.6 Å². The van der Waals surface area contributed by atoms with E-state index in [9.17, 15) is 13.2 Å². The SMILES string of the molecule is COc1ccc(Cl)cc1NC(=O)COc1ccc(S(=O)(=O)N2CCCCCC2)cc1. The first-order valence-electron chi connectivity index (χ1n) is 9.76. The van der Waals surface area contributed by atoms with Crippen LogP contribution < -0.4 is 14.8 Å². The van der Waals surface area contributed by atoms with Crippen LogP contribution in [0.3, 0.4) is 0 Å². The molecule has 9 heteroatoms. The maximum atomic E-state index is 12.8. The highest BCUT2D eigenvalue weighted by atomic mass is 35.5. The van der Waals surface area contributed by atoms with Crippen LogP contribution in [-0.2, 0) is 14.8 Å². The number of halogens is 1. The predicted molar refractivity (Wildman–Crippen MR) is 116 cm³/mol. The van der Waals surface area contributed by atoms with Gasteiger partial charge in [0.15, 0.2) is 6.61 Å². The largest absolute Gasteiger partial charge is 0.495 e. The minimum absolute atomic E-state index is 0.227. The molecule has 0 saturated carbocycles. The van der Waals surface area contributed by atoms with Crippen molar-refractivity contribution in [3.8, 4) is 11.5 Å². The Hall–Kier alpha value is -2.29. The van der Waals surface area contributed by atoms with E-state index in [1.807, 2.05) is 0 Å². The Morgan fingerprint density at radius 3 is 2.37 bits per heavy atom. The van der Waals surface area contributed by atoms with Crippen molar-refractivity contribution in [2.24, 2.45) is 0 Å². The van der Waals surface area contributed by atoms with Crippen molar-refractivity contribution in [3.63, 3.8) is 0 Å². The molecule has 0 radical (unpaired) electrons. The van der Waals surface area contributed by atoms with Gasteiger partial charge >= 0.3 is 0 Å². The van der Waals surface area contributed by atoms with E-state index < -0.39 is 15.9 Å². The first-order valence-corrected chi connectivity index (χ1v) is 11.6. The Bertz CT molecular complexity index is 971. The number of ether oxygens (including phenoxy) is 2. The van der Waals surface area contributed by atoms with Crippen molar-refractivity contribution in [2.75, 3.05) is 32.1 Å². The molecule has 30 heavy (non-hydrogen) atoms. The fraction of sp³-hybridized carbons (Fsp3) is 0.381. The number of nitrogens with zero attached hydrogens (tertiary/aromatic N) is 1. The van der Waals surface area contributed by atoms with Gasteiger partial charge in [-0.3, -0.25) is 4.79 Å². The van der Waals surface area contributed by atoms with E-state index in [0.29, 0.717) is 35.3 Å². The number of anilines is 1. The molecule has 0 spiro atoms. The van der Waals surface area contributed by atoms with Crippen molar-refractivity contribution in [1.29, 1.82) is 0 Å². The quantitative estimate of drug-likeness (QED) is 0.688. The van der Waals surface area contributed by atoms with Crippen molar-refractivity contribution < 1.29 is 22.7 Å². The van der Waals surface area contributed by atoms with Crippen molar-refractivity contribution in [1.82, 2.24) is 4.31 Å². The van der Waals surface area contributed by atoms with Crippen LogP contribution in [0, 0.1) is 0 Å². The summed E-state index contributed by atoms with van der Waals surface area (Å²) in [6.07, 6.45) is 3.88. The zero-order valence-electron chi connectivity index (χ0n) is 16.8. The van der Waals surface area contributed by atoms with Gasteiger partial charge in [-0.15, -0.1) is 0 Å². The predicted octanol–water partition coefficient (Wildman–Crippen LogP) is 3.93. The van der Waals surface area contributed by atoms with E-state index in [4.69, 9.17) is 21.1 Å². The second kappa shape index (κ2) is 10.1.